The van der Waals surface area contributed by atoms with Gasteiger partial charge in [-0.2, -0.15) is 9.59 Å². The smallest absolute Gasteiger partial charge is 0.373 e. The third-order valence-electron chi connectivity index (χ3n) is 18.4. The van der Waals surface area contributed by atoms with E-state index < -0.39 is 0 Å². The van der Waals surface area contributed by atoms with Gasteiger partial charge in [0.05, 0.1) is 18.8 Å². The molecule has 2 unspecified atom stereocenters. The molecule has 2 aliphatic heterocycles. The Balaban J connectivity index is 0.000000226. The van der Waals surface area contributed by atoms with Crippen LogP contribution in [0.15, 0.2) is 51.9 Å². The molecule has 10 atom stereocenters. The Morgan fingerprint density at radius 1 is 0.667 bits per heavy atom. The van der Waals surface area contributed by atoms with Crippen molar-refractivity contribution in [3.63, 3.8) is 0 Å². The summed E-state index contributed by atoms with van der Waals surface area (Å²) in [5.41, 5.74) is 7.21. The molecule has 8 rings (SSSR count). The molecule has 2 aromatic rings. The Hall–Kier alpha value is -4.17. The average Bonchev–Trinajstić information content (AvgIpc) is 4.08. The maximum atomic E-state index is 13.2. The van der Waals surface area contributed by atoms with Crippen LogP contribution in [0.3, 0.4) is 0 Å². The van der Waals surface area contributed by atoms with E-state index in [4.69, 9.17) is 19.7 Å². The molecule has 5 amide bonds. The van der Waals surface area contributed by atoms with E-state index in [1.807, 2.05) is 21.9 Å². The fourth-order valence-corrected chi connectivity index (χ4v) is 14.4. The first kappa shape index (κ1) is 55.8. The number of carbonyl (C=O) groups excluding carboxylic acids is 5. The number of likely N-dealkylation sites (N-methyl/N-ethyl adjacent to an activating group) is 2. The molecule has 388 valence electrons. The second-order valence-electron chi connectivity index (χ2n) is 23.4. The Kier molecular flexibility index (Phi) is 20.0. The molecule has 0 aromatic carbocycles. The van der Waals surface area contributed by atoms with Crippen LogP contribution in [0.4, 0.5) is 9.59 Å². The molecule has 0 bridgehead atoms. The van der Waals surface area contributed by atoms with Crippen LogP contribution < -0.4 is 21.7 Å². The Bertz CT molecular complexity index is 1890. The first-order valence-electron chi connectivity index (χ1n) is 26.2. The van der Waals surface area contributed by atoms with Gasteiger partial charge in [0.25, 0.3) is 5.91 Å². The maximum absolute atomic E-state index is 13.2. The molecule has 0 radical (unpaired) electrons. The standard InChI is InChI=1S/C27H44N4O3.C22H42N4O.C4H4O.CO2/c1-19-20(9-12-28-24(32)22-8-6-17-34-22)27(4)11-7-10-26(2,3)23(27)18-21(19)29-25(33)31-15-13-30(5)14-16-31;1-16-17(7-10-23)22(4)9-6-8-21(2,3)19(22)15-18(16)24-20(27)26-13-11-25(5)12-14-26;1-2-4-5-3-1;2-1-3/h6,8,17,19-21,23H,7,9-16,18H2,1-5H3,(H,28,32)(H,29,33);16-19H,6-15,23H2,1-5H3,(H,24,27);1-4H;/t19-,20-,21+,23?,27+;16-,17-,18+,19?,22+;;/m00../s1. The molecule has 0 spiro atoms. The molecule has 4 aliphatic carbocycles. The van der Waals surface area contributed by atoms with Crippen molar-refractivity contribution in [2.45, 2.75) is 132 Å². The molecule has 4 heterocycles. The van der Waals surface area contributed by atoms with E-state index in [1.165, 1.54) is 44.8 Å². The molecule has 15 heteroatoms. The molecule has 6 aliphatic rings. The zero-order chi connectivity index (χ0) is 50.6. The number of furan rings is 2. The molecule has 4 saturated carbocycles. The summed E-state index contributed by atoms with van der Waals surface area (Å²) in [6, 6.07) is 7.76. The van der Waals surface area contributed by atoms with Crippen LogP contribution in [0.25, 0.3) is 0 Å². The van der Waals surface area contributed by atoms with Crippen molar-refractivity contribution in [3.05, 3.63) is 48.8 Å². The highest BCUT2D eigenvalue weighted by molar-refractivity contribution is 5.91. The highest BCUT2D eigenvalue weighted by Gasteiger charge is 2.58. The fraction of sp³-hybridized carbons (Fsp3) is 0.778. The number of urea groups is 2. The van der Waals surface area contributed by atoms with Gasteiger partial charge in [0.1, 0.15) is 0 Å². The van der Waals surface area contributed by atoms with Gasteiger partial charge in [0.2, 0.25) is 0 Å². The first-order chi connectivity index (χ1) is 32.7. The average molecular weight is 963 g/mol. The van der Waals surface area contributed by atoms with E-state index in [9.17, 15) is 14.4 Å². The quantitative estimate of drug-likeness (QED) is 0.202. The van der Waals surface area contributed by atoms with Gasteiger partial charge in [-0.25, -0.2) is 9.59 Å². The number of carbonyl (C=O) groups is 3. The normalized spacial score (nSPS) is 32.9. The van der Waals surface area contributed by atoms with Gasteiger partial charge in [0.15, 0.2) is 5.76 Å². The van der Waals surface area contributed by atoms with Crippen molar-refractivity contribution >= 4 is 24.1 Å². The molecule has 2 saturated heterocycles. The lowest BCUT2D eigenvalue weighted by Crippen LogP contribution is -2.61. The van der Waals surface area contributed by atoms with Gasteiger partial charge in [-0.15, -0.1) is 0 Å². The van der Waals surface area contributed by atoms with Gasteiger partial charge in [-0.1, -0.05) is 68.2 Å². The minimum Gasteiger partial charge on any atom is -0.473 e. The van der Waals surface area contributed by atoms with E-state index in [0.717, 1.165) is 84.6 Å². The molecule has 6 fully saturated rings. The van der Waals surface area contributed by atoms with Gasteiger partial charge < -0.3 is 50.1 Å². The summed E-state index contributed by atoms with van der Waals surface area (Å²) in [5.74, 6) is 3.28. The van der Waals surface area contributed by atoms with Crippen LogP contribution in [-0.4, -0.2) is 135 Å². The lowest BCUT2D eigenvalue weighted by atomic mass is 9.45. The Morgan fingerprint density at radius 2 is 1.10 bits per heavy atom. The number of piperazine rings is 2. The zero-order valence-electron chi connectivity index (χ0n) is 44.0. The van der Waals surface area contributed by atoms with Crippen LogP contribution in [0.5, 0.6) is 0 Å². The lowest BCUT2D eigenvalue weighted by molar-refractivity contribution is -0.191. The minimum absolute atomic E-state index is 0.0899. The summed E-state index contributed by atoms with van der Waals surface area (Å²) >= 11 is 0. The topological polar surface area (TPSA) is 187 Å². The summed E-state index contributed by atoms with van der Waals surface area (Å²) in [6.45, 7) is 27.8. The van der Waals surface area contributed by atoms with E-state index >= 15 is 0 Å². The van der Waals surface area contributed by atoms with Crippen molar-refractivity contribution in [2.75, 3.05) is 79.5 Å². The SMILES string of the molecule is C[C@@H]1[C@H](NC(=O)N2CCN(C)CC2)CC2C(C)(C)CCC[C@]2(C)[C@H]1CCN.C[C@@H]1[C@H](NC(=O)N2CCN(C)CC2)CC2C(C)(C)CCC[C@]2(C)[C@H]1CCNC(=O)c1ccco1.O=C=O.c1ccoc1. The molecule has 5 N–H and O–H groups in total. The summed E-state index contributed by atoms with van der Waals surface area (Å²) in [4.78, 5) is 63.4. The summed E-state index contributed by atoms with van der Waals surface area (Å²) < 4.78 is 9.83. The summed E-state index contributed by atoms with van der Waals surface area (Å²) in [5, 5.41) is 9.98. The second kappa shape index (κ2) is 24.8. The molecule has 15 nitrogen and oxygen atoms in total. The maximum Gasteiger partial charge on any atom is 0.373 e. The zero-order valence-corrected chi connectivity index (χ0v) is 44.0. The largest absolute Gasteiger partial charge is 0.473 e. The Labute approximate surface area is 414 Å². The van der Waals surface area contributed by atoms with Crippen LogP contribution in [0.2, 0.25) is 0 Å². The number of rotatable bonds is 8. The van der Waals surface area contributed by atoms with Gasteiger partial charge >= 0.3 is 18.2 Å². The third-order valence-corrected chi connectivity index (χ3v) is 18.4. The fourth-order valence-electron chi connectivity index (χ4n) is 14.4. The van der Waals surface area contributed by atoms with E-state index in [1.54, 1.807) is 24.7 Å². The molecule has 2 aromatic heterocycles. The van der Waals surface area contributed by atoms with Crippen LogP contribution in [0.1, 0.15) is 130 Å². The van der Waals surface area contributed by atoms with Crippen LogP contribution >= 0.6 is 0 Å². The first-order valence-corrected chi connectivity index (χ1v) is 26.2. The highest BCUT2D eigenvalue weighted by Crippen LogP contribution is 2.63. The minimum atomic E-state index is -0.154. The highest BCUT2D eigenvalue weighted by atomic mass is 16.3. The summed E-state index contributed by atoms with van der Waals surface area (Å²) in [6.07, 6.45) is 16.8. The number of nitrogens with one attached hydrogen (secondary N) is 3. The monoisotopic (exact) mass is 963 g/mol. The van der Waals surface area contributed by atoms with Crippen molar-refractivity contribution in [3.8, 4) is 0 Å². The number of hydrogen-bond donors (Lipinski definition) is 4. The van der Waals surface area contributed by atoms with Crippen molar-refractivity contribution in [1.29, 1.82) is 0 Å². The van der Waals surface area contributed by atoms with E-state index in [-0.39, 0.29) is 47.0 Å². The molecular weight excluding hydrogens is 873 g/mol. The van der Waals surface area contributed by atoms with E-state index in [0.29, 0.717) is 58.6 Å². The molecular formula is C54H90N8O7. The number of nitrogens with two attached hydrogens (primary N) is 1. The van der Waals surface area contributed by atoms with Gasteiger partial charge in [-0.05, 0) is 153 Å². The number of nitrogens with zero attached hydrogens (tertiary/aromatic N) is 4. The predicted molar refractivity (Wildman–Crippen MR) is 269 cm³/mol. The predicted octanol–water partition coefficient (Wildman–Crippen LogP) is 8.06. The van der Waals surface area contributed by atoms with Gasteiger partial charge in [-0.3, -0.25) is 4.79 Å². The number of hydrogen-bond acceptors (Lipinski definition) is 10. The van der Waals surface area contributed by atoms with Crippen molar-refractivity contribution < 1.29 is 32.8 Å². The second-order valence-corrected chi connectivity index (χ2v) is 23.4. The third kappa shape index (κ3) is 13.8. The number of fused-ring (bicyclic) bond motifs is 2. The van der Waals surface area contributed by atoms with Crippen LogP contribution in [0, 0.1) is 57.2 Å². The van der Waals surface area contributed by atoms with E-state index in [2.05, 4.69) is 99.7 Å². The lowest BCUT2D eigenvalue weighted by Gasteiger charge is -2.61. The molecule has 69 heavy (non-hydrogen) atoms. The number of amides is 5. The van der Waals surface area contributed by atoms with Crippen LogP contribution in [-0.2, 0) is 9.59 Å². The van der Waals surface area contributed by atoms with Crippen molar-refractivity contribution in [2.24, 2.45) is 62.9 Å². The van der Waals surface area contributed by atoms with Crippen molar-refractivity contribution in [1.82, 2.24) is 35.6 Å². The Morgan fingerprint density at radius 3 is 1.48 bits per heavy atom. The van der Waals surface area contributed by atoms with Gasteiger partial charge in [0, 0.05) is 71.0 Å². The summed E-state index contributed by atoms with van der Waals surface area (Å²) in [7, 11) is 4.24.